The quantitative estimate of drug-likeness (QED) is 0.572. The second-order valence-electron chi connectivity index (χ2n) is 3.80. The Kier molecular flexibility index (Phi) is 4.88. The molecule has 0 amide bonds. The maximum Gasteiger partial charge on any atom is 0.269 e. The Bertz CT molecular complexity index is 355. The summed E-state index contributed by atoms with van der Waals surface area (Å²) in [7, 11) is 1.66. The maximum absolute atomic E-state index is 10.6. The van der Waals surface area contributed by atoms with Crippen molar-refractivity contribution in [3.8, 4) is 0 Å². The molecule has 5 heteroatoms. The standard InChI is InChI=1S/C11H16N2O3/c1-9(8-16-2)12-7-10-4-3-5-11(6-10)13(14)15/h3-6,9,12H,7-8H2,1-2H3/p+1/t9-/m0/s1. The number of ether oxygens (including phenoxy) is 1. The van der Waals surface area contributed by atoms with Crippen LogP contribution in [0.1, 0.15) is 12.5 Å². The van der Waals surface area contributed by atoms with Crippen LogP contribution in [0.25, 0.3) is 0 Å². The predicted octanol–water partition coefficient (Wildman–Crippen LogP) is 0.693. The first-order chi connectivity index (χ1) is 7.63. The van der Waals surface area contributed by atoms with Gasteiger partial charge in [0.1, 0.15) is 12.6 Å². The monoisotopic (exact) mass is 225 g/mol. The van der Waals surface area contributed by atoms with Gasteiger partial charge < -0.3 is 10.1 Å². The lowest BCUT2D eigenvalue weighted by Gasteiger charge is -2.09. The minimum Gasteiger partial charge on any atom is -0.379 e. The second kappa shape index (κ2) is 6.19. The minimum absolute atomic E-state index is 0.144. The molecule has 88 valence electrons. The molecule has 0 aliphatic heterocycles. The van der Waals surface area contributed by atoms with Crippen molar-refractivity contribution in [2.24, 2.45) is 0 Å². The summed E-state index contributed by atoms with van der Waals surface area (Å²) in [4.78, 5) is 10.2. The zero-order valence-corrected chi connectivity index (χ0v) is 9.55. The lowest BCUT2D eigenvalue weighted by molar-refractivity contribution is -0.702. The molecule has 1 aromatic carbocycles. The molecular weight excluding hydrogens is 208 g/mol. The van der Waals surface area contributed by atoms with Crippen LogP contribution >= 0.6 is 0 Å². The molecule has 0 unspecified atom stereocenters. The molecule has 1 atom stereocenters. The van der Waals surface area contributed by atoms with Crippen molar-refractivity contribution in [3.63, 3.8) is 0 Å². The Morgan fingerprint density at radius 1 is 1.56 bits per heavy atom. The van der Waals surface area contributed by atoms with Crippen LogP contribution in [0.3, 0.4) is 0 Å². The summed E-state index contributed by atoms with van der Waals surface area (Å²) in [6.45, 7) is 3.46. The minimum atomic E-state index is -0.373. The van der Waals surface area contributed by atoms with Crippen molar-refractivity contribution in [1.82, 2.24) is 0 Å². The molecule has 5 nitrogen and oxygen atoms in total. The van der Waals surface area contributed by atoms with E-state index in [1.165, 1.54) is 6.07 Å². The molecule has 2 N–H and O–H groups in total. The highest BCUT2D eigenvalue weighted by molar-refractivity contribution is 5.33. The van der Waals surface area contributed by atoms with Gasteiger partial charge in [-0.05, 0) is 6.92 Å². The van der Waals surface area contributed by atoms with Crippen molar-refractivity contribution in [3.05, 3.63) is 39.9 Å². The Morgan fingerprint density at radius 2 is 2.31 bits per heavy atom. The van der Waals surface area contributed by atoms with Crippen LogP contribution in [0, 0.1) is 10.1 Å². The van der Waals surface area contributed by atoms with Gasteiger partial charge in [0.2, 0.25) is 0 Å². The van der Waals surface area contributed by atoms with Crippen LogP contribution in [0.2, 0.25) is 0 Å². The molecule has 0 aromatic heterocycles. The summed E-state index contributed by atoms with van der Waals surface area (Å²) in [5.74, 6) is 0. The lowest BCUT2D eigenvalue weighted by atomic mass is 10.2. The van der Waals surface area contributed by atoms with Crippen molar-refractivity contribution < 1.29 is 15.0 Å². The average Bonchev–Trinajstić information content (AvgIpc) is 2.27. The van der Waals surface area contributed by atoms with Gasteiger partial charge in [-0.2, -0.15) is 0 Å². The molecule has 0 bridgehead atoms. The second-order valence-corrected chi connectivity index (χ2v) is 3.80. The van der Waals surface area contributed by atoms with Gasteiger partial charge in [0.15, 0.2) is 0 Å². The lowest BCUT2D eigenvalue weighted by Crippen LogP contribution is -2.88. The summed E-state index contributed by atoms with van der Waals surface area (Å²) < 4.78 is 5.01. The highest BCUT2D eigenvalue weighted by Gasteiger charge is 2.08. The number of hydrogen-bond donors (Lipinski definition) is 1. The largest absolute Gasteiger partial charge is 0.379 e. The molecule has 1 aromatic rings. The zero-order chi connectivity index (χ0) is 12.0. The number of hydrogen-bond acceptors (Lipinski definition) is 3. The Hall–Kier alpha value is -1.46. The van der Waals surface area contributed by atoms with Crippen LogP contribution in [0.5, 0.6) is 0 Å². The number of nitro benzene ring substituents is 1. The van der Waals surface area contributed by atoms with E-state index < -0.39 is 0 Å². The van der Waals surface area contributed by atoms with Crippen LogP contribution in [-0.2, 0) is 11.3 Å². The SMILES string of the molecule is COC[C@H](C)[NH2+]Cc1cccc([N+](=O)[O-])c1. The third-order valence-corrected chi connectivity index (χ3v) is 2.31. The van der Waals surface area contributed by atoms with E-state index in [2.05, 4.69) is 12.2 Å². The highest BCUT2D eigenvalue weighted by Crippen LogP contribution is 2.11. The topological polar surface area (TPSA) is 69.0 Å². The molecule has 0 saturated heterocycles. The molecule has 1 rings (SSSR count). The smallest absolute Gasteiger partial charge is 0.269 e. The van der Waals surface area contributed by atoms with E-state index >= 15 is 0 Å². The summed E-state index contributed by atoms with van der Waals surface area (Å²) in [5.41, 5.74) is 1.10. The Morgan fingerprint density at radius 3 is 2.94 bits per heavy atom. The van der Waals surface area contributed by atoms with Crippen LogP contribution in [0.4, 0.5) is 5.69 Å². The van der Waals surface area contributed by atoms with Crippen molar-refractivity contribution in [1.29, 1.82) is 0 Å². The van der Waals surface area contributed by atoms with E-state index in [1.54, 1.807) is 19.2 Å². The molecule has 0 heterocycles. The van der Waals surface area contributed by atoms with Crippen molar-refractivity contribution in [2.75, 3.05) is 13.7 Å². The molecule has 16 heavy (non-hydrogen) atoms. The Balaban J connectivity index is 2.54. The van der Waals surface area contributed by atoms with Gasteiger partial charge in [0.25, 0.3) is 5.69 Å². The molecule has 0 fully saturated rings. The number of non-ortho nitro benzene ring substituents is 1. The van der Waals surface area contributed by atoms with Crippen molar-refractivity contribution >= 4 is 5.69 Å². The van der Waals surface area contributed by atoms with Crippen LogP contribution < -0.4 is 5.32 Å². The third-order valence-electron chi connectivity index (χ3n) is 2.31. The molecule has 0 aliphatic rings. The van der Waals surface area contributed by atoms with Crippen molar-refractivity contribution in [2.45, 2.75) is 19.5 Å². The zero-order valence-electron chi connectivity index (χ0n) is 9.55. The van der Waals surface area contributed by atoms with E-state index in [4.69, 9.17) is 4.74 Å². The van der Waals surface area contributed by atoms with E-state index in [-0.39, 0.29) is 10.6 Å². The van der Waals surface area contributed by atoms with E-state index in [9.17, 15) is 10.1 Å². The number of nitrogens with two attached hydrogens (primary N) is 1. The highest BCUT2D eigenvalue weighted by atomic mass is 16.6. The number of benzene rings is 1. The maximum atomic E-state index is 10.6. The Labute approximate surface area is 94.6 Å². The fraction of sp³-hybridized carbons (Fsp3) is 0.455. The summed E-state index contributed by atoms with van der Waals surface area (Å²) in [6, 6.07) is 7.06. The number of nitrogens with zero attached hydrogens (tertiary/aromatic N) is 1. The first kappa shape index (κ1) is 12.6. The van der Waals surface area contributed by atoms with Gasteiger partial charge >= 0.3 is 0 Å². The summed E-state index contributed by atoms with van der Waals surface area (Å²) in [5, 5.41) is 12.7. The van der Waals surface area contributed by atoms with Gasteiger partial charge in [-0.15, -0.1) is 0 Å². The first-order valence-electron chi connectivity index (χ1n) is 5.19. The molecule has 0 saturated carbocycles. The fourth-order valence-corrected chi connectivity index (χ4v) is 1.47. The number of methoxy groups -OCH3 is 1. The average molecular weight is 225 g/mol. The van der Waals surface area contributed by atoms with E-state index in [0.29, 0.717) is 12.6 Å². The predicted molar refractivity (Wildman–Crippen MR) is 60.1 cm³/mol. The third kappa shape index (κ3) is 3.96. The first-order valence-corrected chi connectivity index (χ1v) is 5.19. The molecule has 0 radical (unpaired) electrons. The number of rotatable bonds is 6. The number of nitro groups is 1. The van der Waals surface area contributed by atoms with Gasteiger partial charge in [0, 0.05) is 24.8 Å². The summed E-state index contributed by atoms with van der Waals surface area (Å²) in [6.07, 6.45) is 0. The molecule has 0 spiro atoms. The molecular formula is C11H17N2O3+. The van der Waals surface area contributed by atoms with Crippen LogP contribution in [-0.4, -0.2) is 24.7 Å². The van der Waals surface area contributed by atoms with Gasteiger partial charge in [-0.3, -0.25) is 10.1 Å². The van der Waals surface area contributed by atoms with E-state index in [1.807, 2.05) is 6.07 Å². The fourth-order valence-electron chi connectivity index (χ4n) is 1.47. The number of quaternary nitrogens is 1. The van der Waals surface area contributed by atoms with E-state index in [0.717, 1.165) is 12.1 Å². The van der Waals surface area contributed by atoms with Crippen LogP contribution in [0.15, 0.2) is 24.3 Å². The van der Waals surface area contributed by atoms with Gasteiger partial charge in [-0.1, -0.05) is 12.1 Å². The molecule has 0 aliphatic carbocycles. The van der Waals surface area contributed by atoms with Gasteiger partial charge in [0.05, 0.1) is 11.5 Å². The van der Waals surface area contributed by atoms with Gasteiger partial charge in [-0.25, -0.2) is 0 Å². The summed E-state index contributed by atoms with van der Waals surface area (Å²) >= 11 is 0. The normalized spacial score (nSPS) is 12.4.